The number of aromatic nitrogens is 1. The van der Waals surface area contributed by atoms with Crippen molar-refractivity contribution in [2.45, 2.75) is 65.9 Å². The highest BCUT2D eigenvalue weighted by Crippen LogP contribution is 2.40. The van der Waals surface area contributed by atoms with Crippen LogP contribution in [0.5, 0.6) is 5.75 Å². The van der Waals surface area contributed by atoms with Gasteiger partial charge in [0.25, 0.3) is 0 Å². The molecule has 0 aliphatic heterocycles. The van der Waals surface area contributed by atoms with E-state index in [4.69, 9.17) is 25.0 Å². The van der Waals surface area contributed by atoms with Crippen molar-refractivity contribution in [2.75, 3.05) is 5.73 Å². The minimum absolute atomic E-state index is 0.250. The molecule has 5 heteroatoms. The minimum Gasteiger partial charge on any atom is -0.490 e. The van der Waals surface area contributed by atoms with Crippen molar-refractivity contribution in [3.63, 3.8) is 0 Å². The van der Waals surface area contributed by atoms with Gasteiger partial charge in [-0.3, -0.25) is 4.98 Å². The predicted molar refractivity (Wildman–Crippen MR) is 106 cm³/mol. The highest BCUT2D eigenvalue weighted by atomic mass is 16.5. The molecule has 1 aromatic heterocycles. The number of hydrogen-bond donors (Lipinski definition) is 1. The first-order valence-electron chi connectivity index (χ1n) is 9.64. The van der Waals surface area contributed by atoms with Gasteiger partial charge in [-0.2, -0.15) is 9.59 Å². The molecule has 0 bridgehead atoms. The Morgan fingerprint density at radius 1 is 1.19 bits per heavy atom. The molecule has 2 N–H and O–H groups in total. The molecule has 0 radical (unpaired) electrons. The number of carbonyl (C=O) groups excluding carboxylic acids is 2. The van der Waals surface area contributed by atoms with Crippen LogP contribution in [0.25, 0.3) is 10.9 Å². The quantitative estimate of drug-likeness (QED) is 0.841. The van der Waals surface area contributed by atoms with Crippen molar-refractivity contribution in [2.24, 2.45) is 11.3 Å². The summed E-state index contributed by atoms with van der Waals surface area (Å²) in [4.78, 5) is 20.9. The van der Waals surface area contributed by atoms with E-state index in [2.05, 4.69) is 27.7 Å². The van der Waals surface area contributed by atoms with Crippen molar-refractivity contribution < 1.29 is 14.3 Å². The molecule has 0 unspecified atom stereocenters. The van der Waals surface area contributed by atoms with Gasteiger partial charge in [-0.05, 0) is 61.6 Å². The SMILES string of the molecule is CCc1cc(N)c2c(OC3CCC(C(C)(C)C)CC3)cccc2n1.O=C=O. The standard InChI is InChI=1S/C21H30N2O.CO2/c1-5-15-13-17(22)20-18(23-15)7-6-8-19(20)24-16-11-9-14(10-12-16)21(2,3)4;2-1-3/h6-8,13-14,16H,5,9-12H2,1-4H3,(H2,22,23);. The van der Waals surface area contributed by atoms with Crippen LogP contribution in [0.1, 0.15) is 59.1 Å². The summed E-state index contributed by atoms with van der Waals surface area (Å²) in [5.74, 6) is 1.68. The molecule has 1 aliphatic carbocycles. The van der Waals surface area contributed by atoms with Gasteiger partial charge in [-0.25, -0.2) is 0 Å². The lowest BCUT2D eigenvalue weighted by Gasteiger charge is -2.37. The highest BCUT2D eigenvalue weighted by Gasteiger charge is 2.30. The third-order valence-electron chi connectivity index (χ3n) is 5.43. The topological polar surface area (TPSA) is 82.3 Å². The van der Waals surface area contributed by atoms with Gasteiger partial charge in [0.1, 0.15) is 5.75 Å². The Labute approximate surface area is 161 Å². The molecule has 1 heterocycles. The molecular formula is C22H30N2O3. The molecule has 0 saturated heterocycles. The van der Waals surface area contributed by atoms with Gasteiger partial charge in [0.2, 0.25) is 0 Å². The van der Waals surface area contributed by atoms with Gasteiger partial charge in [0.05, 0.1) is 17.0 Å². The van der Waals surface area contributed by atoms with Gasteiger partial charge in [-0.15, -0.1) is 0 Å². The molecule has 1 aromatic carbocycles. The van der Waals surface area contributed by atoms with Gasteiger partial charge >= 0.3 is 6.15 Å². The lowest BCUT2D eigenvalue weighted by Crippen LogP contribution is -2.30. The minimum atomic E-state index is 0.250. The molecule has 1 saturated carbocycles. The Morgan fingerprint density at radius 3 is 2.37 bits per heavy atom. The summed E-state index contributed by atoms with van der Waals surface area (Å²) in [6.07, 6.45) is 6.16. The van der Waals surface area contributed by atoms with Crippen LogP contribution in [0, 0.1) is 11.3 Å². The predicted octanol–water partition coefficient (Wildman–Crippen LogP) is 4.78. The van der Waals surface area contributed by atoms with Crippen LogP contribution in [0.2, 0.25) is 0 Å². The lowest BCUT2D eigenvalue weighted by atomic mass is 9.72. The lowest BCUT2D eigenvalue weighted by molar-refractivity contribution is -0.191. The average molecular weight is 370 g/mol. The van der Waals surface area contributed by atoms with E-state index in [1.807, 2.05) is 24.3 Å². The number of nitrogen functional groups attached to an aromatic ring is 1. The van der Waals surface area contributed by atoms with E-state index in [0.717, 1.165) is 53.2 Å². The van der Waals surface area contributed by atoms with Crippen molar-refractivity contribution in [1.29, 1.82) is 0 Å². The van der Waals surface area contributed by atoms with Crippen molar-refractivity contribution in [3.05, 3.63) is 30.0 Å². The smallest absolute Gasteiger partial charge is 0.373 e. The molecule has 0 amide bonds. The number of nitrogens with zero attached hydrogens (tertiary/aromatic N) is 1. The number of fused-ring (bicyclic) bond motifs is 1. The fraction of sp³-hybridized carbons (Fsp3) is 0.545. The third-order valence-corrected chi connectivity index (χ3v) is 5.43. The molecule has 27 heavy (non-hydrogen) atoms. The highest BCUT2D eigenvalue weighted by molar-refractivity contribution is 5.95. The summed E-state index contributed by atoms with van der Waals surface area (Å²) in [6.45, 7) is 9.14. The van der Waals surface area contributed by atoms with Gasteiger partial charge in [-0.1, -0.05) is 33.8 Å². The number of anilines is 1. The second-order valence-electron chi connectivity index (χ2n) is 8.25. The van der Waals surface area contributed by atoms with E-state index < -0.39 is 0 Å². The van der Waals surface area contributed by atoms with Gasteiger partial charge < -0.3 is 10.5 Å². The summed E-state index contributed by atoms with van der Waals surface area (Å²) in [7, 11) is 0. The van der Waals surface area contributed by atoms with Crippen LogP contribution < -0.4 is 10.5 Å². The van der Waals surface area contributed by atoms with Gasteiger partial charge in [0, 0.05) is 11.4 Å². The molecule has 1 aliphatic rings. The maximum atomic E-state index is 8.12. The summed E-state index contributed by atoms with van der Waals surface area (Å²) >= 11 is 0. The summed E-state index contributed by atoms with van der Waals surface area (Å²) in [6, 6.07) is 8.05. The second kappa shape index (κ2) is 9.01. The summed E-state index contributed by atoms with van der Waals surface area (Å²) in [5.41, 5.74) is 9.44. The molecule has 5 nitrogen and oxygen atoms in total. The van der Waals surface area contributed by atoms with Crippen molar-refractivity contribution >= 4 is 22.7 Å². The Kier molecular flexibility index (Phi) is 6.98. The first-order valence-corrected chi connectivity index (χ1v) is 9.64. The fourth-order valence-corrected chi connectivity index (χ4v) is 3.85. The molecule has 1 fully saturated rings. The van der Waals surface area contributed by atoms with Crippen molar-refractivity contribution in [1.82, 2.24) is 4.98 Å². The maximum absolute atomic E-state index is 8.12. The molecule has 3 rings (SSSR count). The largest absolute Gasteiger partial charge is 0.490 e. The zero-order valence-corrected chi connectivity index (χ0v) is 16.7. The zero-order chi connectivity index (χ0) is 20.0. The number of benzene rings is 1. The third kappa shape index (κ3) is 5.30. The first-order chi connectivity index (χ1) is 12.8. The Bertz CT molecular complexity index is 797. The van der Waals surface area contributed by atoms with Crippen LogP contribution in [0.4, 0.5) is 5.69 Å². The summed E-state index contributed by atoms with van der Waals surface area (Å²) < 4.78 is 6.36. The molecular weight excluding hydrogens is 340 g/mol. The Morgan fingerprint density at radius 2 is 1.81 bits per heavy atom. The normalized spacial score (nSPS) is 19.7. The van der Waals surface area contributed by atoms with Crippen LogP contribution in [0.15, 0.2) is 24.3 Å². The number of pyridine rings is 1. The number of ether oxygens (including phenoxy) is 1. The maximum Gasteiger partial charge on any atom is 0.373 e. The molecule has 0 spiro atoms. The van der Waals surface area contributed by atoms with E-state index in [-0.39, 0.29) is 6.15 Å². The number of aryl methyl sites for hydroxylation is 1. The first kappa shape index (κ1) is 20.9. The van der Waals surface area contributed by atoms with E-state index >= 15 is 0 Å². The zero-order valence-electron chi connectivity index (χ0n) is 16.7. The van der Waals surface area contributed by atoms with E-state index in [9.17, 15) is 0 Å². The van der Waals surface area contributed by atoms with Crippen molar-refractivity contribution in [3.8, 4) is 5.75 Å². The molecule has 2 aromatic rings. The number of rotatable bonds is 3. The second-order valence-corrected chi connectivity index (χ2v) is 8.25. The van der Waals surface area contributed by atoms with Crippen LogP contribution in [-0.4, -0.2) is 17.2 Å². The Balaban J connectivity index is 0.000000817. The summed E-state index contributed by atoms with van der Waals surface area (Å²) in [5, 5.41) is 0.965. The fourth-order valence-electron chi connectivity index (χ4n) is 3.85. The Hall–Kier alpha value is -2.39. The van der Waals surface area contributed by atoms with E-state index in [0.29, 0.717) is 11.5 Å². The van der Waals surface area contributed by atoms with Gasteiger partial charge in [0.15, 0.2) is 0 Å². The molecule has 146 valence electrons. The van der Waals surface area contributed by atoms with E-state index in [1.54, 1.807) is 0 Å². The molecule has 0 atom stereocenters. The average Bonchev–Trinajstić information content (AvgIpc) is 2.62. The van der Waals surface area contributed by atoms with Crippen LogP contribution in [0.3, 0.4) is 0 Å². The number of hydrogen-bond acceptors (Lipinski definition) is 5. The van der Waals surface area contributed by atoms with Crippen LogP contribution >= 0.6 is 0 Å². The monoisotopic (exact) mass is 370 g/mol. The number of nitrogens with two attached hydrogens (primary N) is 1. The van der Waals surface area contributed by atoms with Crippen LogP contribution in [-0.2, 0) is 16.0 Å². The van der Waals surface area contributed by atoms with E-state index in [1.165, 1.54) is 12.8 Å².